The lowest BCUT2D eigenvalue weighted by Crippen LogP contribution is -2.34. The van der Waals surface area contributed by atoms with Crippen LogP contribution in [0.2, 0.25) is 0 Å². The van der Waals surface area contributed by atoms with Crippen LogP contribution in [-0.2, 0) is 14.3 Å². The second-order valence-corrected chi connectivity index (χ2v) is 6.05. The van der Waals surface area contributed by atoms with Crippen molar-refractivity contribution in [2.45, 2.75) is 71.4 Å². The molecule has 6 nitrogen and oxygen atoms in total. The van der Waals surface area contributed by atoms with Crippen molar-refractivity contribution < 1.29 is 19.1 Å². The maximum atomic E-state index is 11.5. The van der Waals surface area contributed by atoms with Crippen molar-refractivity contribution in [1.29, 1.82) is 0 Å². The number of carbonyl (C=O) groups excluding carboxylic acids is 2. The molecule has 7 heteroatoms. The van der Waals surface area contributed by atoms with Crippen LogP contribution in [0.5, 0.6) is 0 Å². The summed E-state index contributed by atoms with van der Waals surface area (Å²) < 4.78 is 10.2. The number of alkyl carbamates (subject to hydrolysis) is 1. The van der Waals surface area contributed by atoms with E-state index in [9.17, 15) is 9.59 Å². The fraction of sp³-hybridized carbons (Fsp3) is 0.867. The van der Waals surface area contributed by atoms with Crippen LogP contribution in [0, 0.1) is 0 Å². The molecule has 0 aliphatic rings. The van der Waals surface area contributed by atoms with Crippen LogP contribution in [0.15, 0.2) is 0 Å². The van der Waals surface area contributed by atoms with Crippen molar-refractivity contribution in [1.82, 2.24) is 5.32 Å². The number of nitrogens with one attached hydrogen (secondary N) is 1. The number of hydrogen-bond donors (Lipinski definition) is 2. The number of halogens is 1. The van der Waals surface area contributed by atoms with Crippen molar-refractivity contribution in [2.24, 2.45) is 5.73 Å². The Hall–Kier alpha value is -1.01. The number of hydrogen-bond acceptors (Lipinski definition) is 5. The monoisotopic (exact) mass is 338 g/mol. The Morgan fingerprint density at radius 3 is 2.36 bits per heavy atom. The smallest absolute Gasteiger partial charge is 0.407 e. The second kappa shape index (κ2) is 12.5. The van der Waals surface area contributed by atoms with Crippen molar-refractivity contribution in [3.63, 3.8) is 0 Å². The van der Waals surface area contributed by atoms with Crippen LogP contribution < -0.4 is 11.1 Å². The summed E-state index contributed by atoms with van der Waals surface area (Å²) in [6, 6.07) is -0.580. The number of carbonyl (C=O) groups is 2. The van der Waals surface area contributed by atoms with Gasteiger partial charge in [0.25, 0.3) is 0 Å². The number of ether oxygens (including phenoxy) is 2. The first-order valence-electron chi connectivity index (χ1n) is 7.65. The van der Waals surface area contributed by atoms with Gasteiger partial charge in [-0.25, -0.2) is 4.79 Å². The third-order valence-corrected chi connectivity index (χ3v) is 2.66. The van der Waals surface area contributed by atoms with Crippen LogP contribution >= 0.6 is 12.4 Å². The van der Waals surface area contributed by atoms with E-state index in [2.05, 4.69) is 5.32 Å². The average Bonchev–Trinajstić information content (AvgIpc) is 2.36. The fourth-order valence-corrected chi connectivity index (χ4v) is 1.54. The molecule has 0 rings (SSSR count). The summed E-state index contributed by atoms with van der Waals surface area (Å²) in [6.45, 7) is 8.42. The maximum absolute atomic E-state index is 11.5. The molecule has 132 valence electrons. The molecule has 3 N–H and O–H groups in total. The van der Waals surface area contributed by atoms with Gasteiger partial charge in [-0.15, -0.1) is 12.4 Å². The molecule has 0 unspecified atom stereocenters. The van der Waals surface area contributed by atoms with E-state index >= 15 is 0 Å². The van der Waals surface area contributed by atoms with Crippen molar-refractivity contribution >= 4 is 24.5 Å². The third-order valence-electron chi connectivity index (χ3n) is 2.66. The summed E-state index contributed by atoms with van der Waals surface area (Å²) >= 11 is 0. The van der Waals surface area contributed by atoms with Gasteiger partial charge in [0.15, 0.2) is 0 Å². The second-order valence-electron chi connectivity index (χ2n) is 6.05. The van der Waals surface area contributed by atoms with Gasteiger partial charge in [-0.1, -0.05) is 13.3 Å². The molecule has 0 bridgehead atoms. The molecule has 0 aromatic rings. The summed E-state index contributed by atoms with van der Waals surface area (Å²) in [5, 5.41) is 2.67. The average molecular weight is 339 g/mol. The molecule has 22 heavy (non-hydrogen) atoms. The van der Waals surface area contributed by atoms with Crippen LogP contribution in [0.4, 0.5) is 4.79 Å². The lowest BCUT2D eigenvalue weighted by molar-refractivity contribution is -0.145. The predicted molar refractivity (Wildman–Crippen MR) is 89.2 cm³/mol. The standard InChI is InChI=1S/C15H30N2O4.ClH/c1-5-6-11-20-13(18)12(16)9-7-8-10-17-14(19)21-15(2,3)4;/h12H,5-11,16H2,1-4H3,(H,17,19);1H/t12-;/m0./s1. The highest BCUT2D eigenvalue weighted by atomic mass is 35.5. The molecule has 1 amide bonds. The molecule has 0 heterocycles. The zero-order valence-electron chi connectivity index (χ0n) is 14.1. The van der Waals surface area contributed by atoms with Gasteiger partial charge in [-0.2, -0.15) is 0 Å². The number of esters is 1. The Bertz CT molecular complexity index is 319. The number of rotatable bonds is 9. The molecule has 0 saturated carbocycles. The van der Waals surface area contributed by atoms with E-state index < -0.39 is 17.7 Å². The van der Waals surface area contributed by atoms with E-state index in [0.717, 1.165) is 25.7 Å². The first-order valence-corrected chi connectivity index (χ1v) is 7.65. The lowest BCUT2D eigenvalue weighted by Gasteiger charge is -2.19. The molecule has 0 aromatic carbocycles. The molecule has 0 spiro atoms. The van der Waals surface area contributed by atoms with E-state index in [0.29, 0.717) is 19.6 Å². The van der Waals surface area contributed by atoms with Gasteiger partial charge in [-0.05, 0) is 46.5 Å². The summed E-state index contributed by atoms with van der Waals surface area (Å²) in [4.78, 5) is 22.9. The maximum Gasteiger partial charge on any atom is 0.407 e. The Labute approximate surface area is 139 Å². The van der Waals surface area contributed by atoms with Crippen molar-refractivity contribution in [2.75, 3.05) is 13.2 Å². The first kappa shape index (κ1) is 23.3. The van der Waals surface area contributed by atoms with Gasteiger partial charge < -0.3 is 20.5 Å². The van der Waals surface area contributed by atoms with Crippen molar-refractivity contribution in [3.8, 4) is 0 Å². The topological polar surface area (TPSA) is 90.6 Å². The van der Waals surface area contributed by atoms with Crippen LogP contribution in [0.1, 0.15) is 59.8 Å². The lowest BCUT2D eigenvalue weighted by atomic mass is 10.1. The Kier molecular flexibility index (Phi) is 13.2. The molecule has 0 aromatic heterocycles. The Balaban J connectivity index is 0. The molecular formula is C15H31ClN2O4. The summed E-state index contributed by atoms with van der Waals surface area (Å²) in [7, 11) is 0. The van der Waals surface area contributed by atoms with Crippen LogP contribution in [0.25, 0.3) is 0 Å². The van der Waals surface area contributed by atoms with Gasteiger partial charge in [0.1, 0.15) is 11.6 Å². The van der Waals surface area contributed by atoms with Gasteiger partial charge >= 0.3 is 12.1 Å². The highest BCUT2D eigenvalue weighted by Crippen LogP contribution is 2.06. The Morgan fingerprint density at radius 2 is 1.82 bits per heavy atom. The normalized spacial score (nSPS) is 12.0. The van der Waals surface area contributed by atoms with Crippen LogP contribution in [-0.4, -0.2) is 36.9 Å². The highest BCUT2D eigenvalue weighted by molar-refractivity contribution is 5.85. The van der Waals surface area contributed by atoms with E-state index in [1.54, 1.807) is 0 Å². The quantitative estimate of drug-likeness (QED) is 0.498. The number of amides is 1. The number of nitrogens with two attached hydrogens (primary N) is 1. The van der Waals surface area contributed by atoms with Gasteiger partial charge in [0.2, 0.25) is 0 Å². The number of unbranched alkanes of at least 4 members (excludes halogenated alkanes) is 2. The molecular weight excluding hydrogens is 308 g/mol. The summed E-state index contributed by atoms with van der Waals surface area (Å²) in [5.41, 5.74) is 5.25. The minimum absolute atomic E-state index is 0. The van der Waals surface area contributed by atoms with Gasteiger partial charge in [-0.3, -0.25) is 4.79 Å². The largest absolute Gasteiger partial charge is 0.465 e. The van der Waals surface area contributed by atoms with E-state index in [-0.39, 0.29) is 18.4 Å². The first-order chi connectivity index (χ1) is 9.76. The van der Waals surface area contributed by atoms with Crippen LogP contribution in [0.3, 0.4) is 0 Å². The van der Waals surface area contributed by atoms with E-state index in [1.807, 2.05) is 27.7 Å². The molecule has 0 radical (unpaired) electrons. The molecule has 0 aliphatic heterocycles. The van der Waals surface area contributed by atoms with E-state index in [1.165, 1.54) is 0 Å². The molecule has 0 aliphatic carbocycles. The van der Waals surface area contributed by atoms with Gasteiger partial charge in [0, 0.05) is 6.54 Å². The SMILES string of the molecule is CCCCOC(=O)[C@@H](N)CCCCNC(=O)OC(C)(C)C.Cl. The van der Waals surface area contributed by atoms with Gasteiger partial charge in [0.05, 0.1) is 6.61 Å². The zero-order valence-corrected chi connectivity index (χ0v) is 15.0. The summed E-state index contributed by atoms with van der Waals surface area (Å²) in [6.07, 6.45) is 3.47. The minimum Gasteiger partial charge on any atom is -0.465 e. The predicted octanol–water partition coefficient (Wildman–Crippen LogP) is 2.77. The highest BCUT2D eigenvalue weighted by Gasteiger charge is 2.16. The molecule has 1 atom stereocenters. The zero-order chi connectivity index (χ0) is 16.3. The fourth-order valence-electron chi connectivity index (χ4n) is 1.54. The molecule has 0 saturated heterocycles. The Morgan fingerprint density at radius 1 is 1.18 bits per heavy atom. The van der Waals surface area contributed by atoms with Crippen molar-refractivity contribution in [3.05, 3.63) is 0 Å². The molecule has 0 fully saturated rings. The van der Waals surface area contributed by atoms with E-state index in [4.69, 9.17) is 15.2 Å². The minimum atomic E-state index is -0.580. The summed E-state index contributed by atoms with van der Waals surface area (Å²) in [5.74, 6) is -0.344. The third kappa shape index (κ3) is 13.9.